The van der Waals surface area contributed by atoms with Crippen molar-refractivity contribution in [2.45, 2.75) is 64.4 Å². The number of aliphatic hydroxyl groups excluding tert-OH is 1. The molecule has 3 N–H and O–H groups in total. The molecule has 2 heterocycles. The molecule has 1 amide bonds. The van der Waals surface area contributed by atoms with Crippen LogP contribution in [0.3, 0.4) is 0 Å². The Morgan fingerprint density at radius 1 is 0.882 bits per heavy atom. The zero-order valence-corrected chi connectivity index (χ0v) is 29.3. The van der Waals surface area contributed by atoms with Crippen molar-refractivity contribution < 1.29 is 38.7 Å². The van der Waals surface area contributed by atoms with E-state index in [-0.39, 0.29) is 43.5 Å². The van der Waals surface area contributed by atoms with E-state index >= 15 is 0 Å². The Hall–Kier alpha value is -4.74. The summed E-state index contributed by atoms with van der Waals surface area (Å²) < 4.78 is 24.7. The van der Waals surface area contributed by atoms with Crippen LogP contribution in [0, 0.1) is 5.92 Å². The van der Waals surface area contributed by atoms with E-state index in [1.54, 1.807) is 14.2 Å². The number of methoxy groups -OCH3 is 2. The molecular weight excluding hydrogens is 648 g/mol. The third kappa shape index (κ3) is 8.60. The molecule has 0 bridgehead atoms. The van der Waals surface area contributed by atoms with Gasteiger partial charge in [0, 0.05) is 44.1 Å². The molecule has 10 nitrogen and oxygen atoms in total. The number of carboxylic acids is 1. The summed E-state index contributed by atoms with van der Waals surface area (Å²) in [7, 11) is 3.32. The lowest BCUT2D eigenvalue weighted by Crippen LogP contribution is -2.45. The average molecular weight is 695 g/mol. The fraction of sp³-hybridized carbons (Fsp3) is 0.366. The Kier molecular flexibility index (Phi) is 11.7. The van der Waals surface area contributed by atoms with Crippen LogP contribution in [0.4, 0.5) is 0 Å². The Bertz CT molecular complexity index is 1810. The van der Waals surface area contributed by atoms with Gasteiger partial charge in [0.25, 0.3) is 0 Å². The first-order valence-corrected chi connectivity index (χ1v) is 17.4. The van der Waals surface area contributed by atoms with Crippen LogP contribution >= 0.6 is 0 Å². The van der Waals surface area contributed by atoms with Crippen molar-refractivity contribution in [1.29, 1.82) is 0 Å². The van der Waals surface area contributed by atoms with Crippen molar-refractivity contribution in [3.63, 3.8) is 0 Å². The average Bonchev–Trinajstić information content (AvgIpc) is 3.16. The molecule has 0 saturated carbocycles. The lowest BCUT2D eigenvalue weighted by molar-refractivity contribution is -0.276. The van der Waals surface area contributed by atoms with Gasteiger partial charge in [-0.15, -0.1) is 0 Å². The summed E-state index contributed by atoms with van der Waals surface area (Å²) in [6, 6.07) is 28.1. The van der Waals surface area contributed by atoms with Gasteiger partial charge < -0.3 is 34.5 Å². The number of amides is 1. The third-order valence-corrected chi connectivity index (χ3v) is 9.91. The van der Waals surface area contributed by atoms with Gasteiger partial charge >= 0.3 is 5.97 Å². The second kappa shape index (κ2) is 16.5. The van der Waals surface area contributed by atoms with Crippen LogP contribution < -0.4 is 14.8 Å². The number of benzene rings is 4. The summed E-state index contributed by atoms with van der Waals surface area (Å²) in [5.41, 5.74) is 8.16. The molecule has 0 radical (unpaired) electrons. The third-order valence-electron chi connectivity index (χ3n) is 9.91. The molecule has 10 heteroatoms. The number of ether oxygens (including phenoxy) is 4. The van der Waals surface area contributed by atoms with E-state index in [9.17, 15) is 14.7 Å². The Morgan fingerprint density at radius 3 is 2.25 bits per heavy atom. The maximum atomic E-state index is 12.2. The van der Waals surface area contributed by atoms with Gasteiger partial charge in [-0.2, -0.15) is 0 Å². The summed E-state index contributed by atoms with van der Waals surface area (Å²) in [5, 5.41) is 21.4. The molecule has 4 atom stereocenters. The minimum absolute atomic E-state index is 0.0185. The van der Waals surface area contributed by atoms with Gasteiger partial charge in [0.05, 0.1) is 39.5 Å². The summed E-state index contributed by atoms with van der Waals surface area (Å²) in [6.45, 7) is 4.85. The van der Waals surface area contributed by atoms with Crippen LogP contribution in [0.2, 0.25) is 0 Å². The number of nitrogens with zero attached hydrogens (tertiary/aromatic N) is 1. The minimum atomic E-state index is -0.997. The molecular formula is C41H46N2O8. The van der Waals surface area contributed by atoms with E-state index in [0.29, 0.717) is 6.54 Å². The number of carboxylic acid groups (broad SMARTS) is 1. The number of aliphatic carboxylic acids is 1. The Morgan fingerprint density at radius 2 is 1.57 bits per heavy atom. The molecule has 0 aliphatic carbocycles. The largest absolute Gasteiger partial charge is 0.493 e. The highest BCUT2D eigenvalue weighted by Crippen LogP contribution is 2.43. The number of carbonyl (C=O) groups excluding carboxylic acids is 1. The van der Waals surface area contributed by atoms with Gasteiger partial charge in [-0.3, -0.25) is 14.5 Å². The Balaban J connectivity index is 1.21. The van der Waals surface area contributed by atoms with Crippen LogP contribution in [0.15, 0.2) is 84.9 Å². The van der Waals surface area contributed by atoms with Gasteiger partial charge in [0.15, 0.2) is 17.8 Å². The summed E-state index contributed by atoms with van der Waals surface area (Å²) >= 11 is 0. The highest BCUT2D eigenvalue weighted by molar-refractivity contribution is 5.81. The second-order valence-electron chi connectivity index (χ2n) is 13.2. The van der Waals surface area contributed by atoms with E-state index in [1.165, 1.54) is 11.1 Å². The van der Waals surface area contributed by atoms with Crippen molar-refractivity contribution in [3.8, 4) is 22.6 Å². The first kappa shape index (κ1) is 36.1. The quantitative estimate of drug-likeness (QED) is 0.150. The van der Waals surface area contributed by atoms with Crippen LogP contribution in [-0.2, 0) is 45.2 Å². The number of carbonyl (C=O) groups is 2. The zero-order valence-electron chi connectivity index (χ0n) is 29.3. The predicted octanol–water partition coefficient (Wildman–Crippen LogP) is 6.19. The van der Waals surface area contributed by atoms with Crippen LogP contribution in [-0.4, -0.2) is 60.4 Å². The molecule has 1 saturated heterocycles. The molecule has 268 valence electrons. The van der Waals surface area contributed by atoms with E-state index in [2.05, 4.69) is 29.3 Å². The lowest BCUT2D eigenvalue weighted by atomic mass is 9.89. The molecule has 4 aromatic rings. The summed E-state index contributed by atoms with van der Waals surface area (Å²) in [6.07, 6.45) is -0.322. The summed E-state index contributed by atoms with van der Waals surface area (Å²) in [5.74, 6) is 0.227. The van der Waals surface area contributed by atoms with Gasteiger partial charge in [0.2, 0.25) is 5.91 Å². The van der Waals surface area contributed by atoms with Crippen LogP contribution in [0.1, 0.15) is 65.5 Å². The number of hydrogen-bond acceptors (Lipinski definition) is 8. The number of fused-ring (bicyclic) bond motifs is 1. The normalized spacial score (nSPS) is 20.3. The lowest BCUT2D eigenvalue weighted by Gasteiger charge is -2.43. The number of hydrogen-bond donors (Lipinski definition) is 3. The SMILES string of the molecule is COc1cc2c(cc1OC)CN(C[C@@H]1O[C@H](c3ccc(-c4ccccc4CNC(=O)CCC(=O)O)cc3)O[C@H](c3ccc(CO)cc3)[C@@H]1C)CC2. The molecule has 2 aliphatic rings. The van der Waals surface area contributed by atoms with Crippen molar-refractivity contribution in [2.75, 3.05) is 27.3 Å². The summed E-state index contributed by atoms with van der Waals surface area (Å²) in [4.78, 5) is 25.5. The smallest absolute Gasteiger partial charge is 0.303 e. The molecule has 2 aliphatic heterocycles. The van der Waals surface area contributed by atoms with E-state index in [0.717, 1.165) is 70.9 Å². The van der Waals surface area contributed by atoms with E-state index in [1.807, 2.05) is 72.8 Å². The Labute approximate surface area is 298 Å². The van der Waals surface area contributed by atoms with Gasteiger partial charge in [0.1, 0.15) is 0 Å². The minimum Gasteiger partial charge on any atom is -0.493 e. The topological polar surface area (TPSA) is 127 Å². The molecule has 0 unspecified atom stereocenters. The highest BCUT2D eigenvalue weighted by atomic mass is 16.7. The van der Waals surface area contributed by atoms with Gasteiger partial charge in [-0.05, 0) is 57.5 Å². The van der Waals surface area contributed by atoms with Crippen molar-refractivity contribution in [2.24, 2.45) is 5.92 Å². The van der Waals surface area contributed by atoms with Crippen molar-refractivity contribution >= 4 is 11.9 Å². The maximum absolute atomic E-state index is 12.2. The van der Waals surface area contributed by atoms with E-state index in [4.69, 9.17) is 24.1 Å². The second-order valence-corrected chi connectivity index (χ2v) is 13.2. The molecule has 0 aromatic heterocycles. The maximum Gasteiger partial charge on any atom is 0.303 e. The monoisotopic (exact) mass is 694 g/mol. The van der Waals surface area contributed by atoms with Crippen molar-refractivity contribution in [1.82, 2.24) is 10.2 Å². The number of aliphatic hydroxyl groups is 1. The number of rotatable bonds is 13. The fourth-order valence-electron chi connectivity index (χ4n) is 6.96. The molecule has 51 heavy (non-hydrogen) atoms. The van der Waals surface area contributed by atoms with E-state index < -0.39 is 12.3 Å². The predicted molar refractivity (Wildman–Crippen MR) is 192 cm³/mol. The first-order valence-electron chi connectivity index (χ1n) is 17.4. The molecule has 6 rings (SSSR count). The van der Waals surface area contributed by atoms with Crippen LogP contribution in [0.25, 0.3) is 11.1 Å². The molecule has 0 spiro atoms. The van der Waals surface area contributed by atoms with Crippen molar-refractivity contribution in [3.05, 3.63) is 118 Å². The van der Waals surface area contributed by atoms with Crippen LogP contribution in [0.5, 0.6) is 11.5 Å². The highest BCUT2D eigenvalue weighted by Gasteiger charge is 2.39. The van der Waals surface area contributed by atoms with Gasteiger partial charge in [-0.1, -0.05) is 79.7 Å². The molecule has 4 aromatic carbocycles. The molecule has 1 fully saturated rings. The standard InChI is InChI=1S/C41H46N2O8/c1-26-37(24-43-19-18-31-20-35(48-2)36(49-3)21-33(31)23-43)50-41(51-40(26)29-10-8-27(25-44)9-11-29)30-14-12-28(13-15-30)34-7-5-4-6-32(34)22-42-38(45)16-17-39(46)47/h4-15,20-21,26,37,40-41,44H,16-19,22-25H2,1-3H3,(H,42,45)(H,46,47)/t26-,37+,40+,41+/m1/s1. The zero-order chi connectivity index (χ0) is 35.9. The first-order chi connectivity index (χ1) is 24.8. The number of nitrogens with one attached hydrogen (secondary N) is 1. The fourth-order valence-corrected chi connectivity index (χ4v) is 6.96. The van der Waals surface area contributed by atoms with Gasteiger partial charge in [-0.25, -0.2) is 0 Å².